The van der Waals surface area contributed by atoms with E-state index < -0.39 is 0 Å². The van der Waals surface area contributed by atoms with Gasteiger partial charge in [-0.15, -0.1) is 0 Å². The van der Waals surface area contributed by atoms with Crippen molar-refractivity contribution in [1.29, 1.82) is 0 Å². The minimum Gasteiger partial charge on any atom is -0.313 e. The second-order valence-corrected chi connectivity index (χ2v) is 6.81. The minimum atomic E-state index is 0.563. The average Bonchev–Trinajstić information content (AvgIpc) is 2.95. The number of aryl methyl sites for hydroxylation is 2. The molecule has 0 saturated carbocycles. The predicted octanol–water partition coefficient (Wildman–Crippen LogP) is 2.71. The lowest BCUT2D eigenvalue weighted by atomic mass is 10.2. The zero-order valence-corrected chi connectivity index (χ0v) is 14.7. The van der Waals surface area contributed by atoms with Crippen LogP contribution in [0.4, 0.5) is 0 Å². The van der Waals surface area contributed by atoms with Crippen LogP contribution in [-0.4, -0.2) is 39.9 Å². The Morgan fingerprint density at radius 3 is 2.80 bits per heavy atom. The number of rotatable bonds is 6. The van der Waals surface area contributed by atoms with Crippen LogP contribution in [-0.2, 0) is 20.0 Å². The Morgan fingerprint density at radius 1 is 1.45 bits per heavy atom. The molecule has 1 aromatic rings. The number of nitrogens with one attached hydrogen (secondary N) is 1. The van der Waals surface area contributed by atoms with E-state index in [1.165, 1.54) is 35.2 Å². The summed E-state index contributed by atoms with van der Waals surface area (Å²) in [7, 11) is 2.05. The van der Waals surface area contributed by atoms with Gasteiger partial charge in [0.25, 0.3) is 0 Å². The molecular formula is C15H27BrN4. The Kier molecular flexibility index (Phi) is 5.64. The van der Waals surface area contributed by atoms with Crippen molar-refractivity contribution in [3.05, 3.63) is 15.9 Å². The molecule has 2 rings (SSSR count). The van der Waals surface area contributed by atoms with E-state index >= 15 is 0 Å². The van der Waals surface area contributed by atoms with Crippen LogP contribution < -0.4 is 5.32 Å². The summed E-state index contributed by atoms with van der Waals surface area (Å²) in [6.07, 6.45) is 3.59. The molecule has 20 heavy (non-hydrogen) atoms. The molecular weight excluding hydrogens is 316 g/mol. The van der Waals surface area contributed by atoms with E-state index in [0.717, 1.165) is 19.5 Å². The largest absolute Gasteiger partial charge is 0.313 e. The number of aromatic nitrogens is 2. The maximum atomic E-state index is 4.60. The summed E-state index contributed by atoms with van der Waals surface area (Å²) >= 11 is 3.73. The zero-order chi connectivity index (χ0) is 14.7. The van der Waals surface area contributed by atoms with Crippen LogP contribution >= 0.6 is 15.9 Å². The van der Waals surface area contributed by atoms with E-state index in [0.29, 0.717) is 12.1 Å². The van der Waals surface area contributed by atoms with Crippen molar-refractivity contribution in [3.63, 3.8) is 0 Å². The number of likely N-dealkylation sites (tertiary alicyclic amines) is 1. The van der Waals surface area contributed by atoms with Gasteiger partial charge in [-0.05, 0) is 41.7 Å². The third kappa shape index (κ3) is 3.62. The predicted molar refractivity (Wildman–Crippen MR) is 86.9 cm³/mol. The number of hydrogen-bond donors (Lipinski definition) is 1. The maximum Gasteiger partial charge on any atom is 0.0767 e. The summed E-state index contributed by atoms with van der Waals surface area (Å²) < 4.78 is 3.23. The molecule has 0 aliphatic carbocycles. The summed E-state index contributed by atoms with van der Waals surface area (Å²) in [5, 5.41) is 8.17. The second kappa shape index (κ2) is 7.05. The highest BCUT2D eigenvalue weighted by molar-refractivity contribution is 9.10. The Bertz CT molecular complexity index is 441. The molecule has 0 aromatic carbocycles. The van der Waals surface area contributed by atoms with Crippen molar-refractivity contribution in [2.24, 2.45) is 7.05 Å². The first-order chi connectivity index (χ1) is 9.52. The lowest BCUT2D eigenvalue weighted by Gasteiger charge is -2.25. The van der Waals surface area contributed by atoms with Crippen LogP contribution in [0.2, 0.25) is 0 Å². The quantitative estimate of drug-likeness (QED) is 0.862. The number of hydrogen-bond acceptors (Lipinski definition) is 3. The maximum absolute atomic E-state index is 4.60. The average molecular weight is 343 g/mol. The molecule has 5 heteroatoms. The summed E-state index contributed by atoms with van der Waals surface area (Å²) in [5.74, 6) is 0. The molecule has 1 aliphatic heterocycles. The summed E-state index contributed by atoms with van der Waals surface area (Å²) in [6, 6.07) is 1.22. The van der Waals surface area contributed by atoms with Gasteiger partial charge in [0, 0.05) is 32.2 Å². The van der Waals surface area contributed by atoms with E-state index in [9.17, 15) is 0 Å². The van der Waals surface area contributed by atoms with Gasteiger partial charge in [0.1, 0.15) is 0 Å². The summed E-state index contributed by atoms with van der Waals surface area (Å²) in [4.78, 5) is 2.59. The fourth-order valence-electron chi connectivity index (χ4n) is 2.89. The van der Waals surface area contributed by atoms with E-state index in [1.807, 2.05) is 4.68 Å². The van der Waals surface area contributed by atoms with Gasteiger partial charge in [0.05, 0.1) is 15.9 Å². The molecule has 0 radical (unpaired) electrons. The minimum absolute atomic E-state index is 0.563. The van der Waals surface area contributed by atoms with Crippen molar-refractivity contribution in [2.45, 2.75) is 58.7 Å². The highest BCUT2D eigenvalue weighted by Crippen LogP contribution is 2.26. The van der Waals surface area contributed by atoms with Gasteiger partial charge in [0.2, 0.25) is 0 Å². The highest BCUT2D eigenvalue weighted by Gasteiger charge is 2.26. The highest BCUT2D eigenvalue weighted by atomic mass is 79.9. The van der Waals surface area contributed by atoms with Crippen molar-refractivity contribution in [3.8, 4) is 0 Å². The SMILES string of the molecule is CCc1nn(C)c(CN2CCCC2CNC(C)C)c1Br. The fourth-order valence-corrected chi connectivity index (χ4v) is 3.63. The molecule has 4 nitrogen and oxygen atoms in total. The van der Waals surface area contributed by atoms with Crippen molar-refractivity contribution >= 4 is 15.9 Å². The van der Waals surface area contributed by atoms with Crippen LogP contribution in [0.15, 0.2) is 4.47 Å². The van der Waals surface area contributed by atoms with Crippen molar-refractivity contribution < 1.29 is 0 Å². The first-order valence-electron chi connectivity index (χ1n) is 7.70. The smallest absolute Gasteiger partial charge is 0.0767 e. The molecule has 1 aromatic heterocycles. The Hall–Kier alpha value is -0.390. The lowest BCUT2D eigenvalue weighted by molar-refractivity contribution is 0.230. The van der Waals surface area contributed by atoms with Crippen LogP contribution in [0.1, 0.15) is 45.0 Å². The first-order valence-corrected chi connectivity index (χ1v) is 8.49. The standard InChI is InChI=1S/C15H27BrN4/c1-5-13-15(16)14(19(4)18-13)10-20-8-6-7-12(20)9-17-11(2)3/h11-12,17H,5-10H2,1-4H3. The number of halogens is 1. The van der Waals surface area contributed by atoms with Gasteiger partial charge < -0.3 is 5.32 Å². The van der Waals surface area contributed by atoms with Gasteiger partial charge in [-0.3, -0.25) is 9.58 Å². The molecule has 114 valence electrons. The van der Waals surface area contributed by atoms with E-state index in [4.69, 9.17) is 0 Å². The monoisotopic (exact) mass is 342 g/mol. The zero-order valence-electron chi connectivity index (χ0n) is 13.1. The van der Waals surface area contributed by atoms with E-state index in [2.05, 4.69) is 59.1 Å². The van der Waals surface area contributed by atoms with Gasteiger partial charge in [-0.1, -0.05) is 20.8 Å². The van der Waals surface area contributed by atoms with Crippen LogP contribution in [0.3, 0.4) is 0 Å². The Balaban J connectivity index is 2.03. The molecule has 1 aliphatic rings. The summed E-state index contributed by atoms with van der Waals surface area (Å²) in [6.45, 7) is 9.86. The van der Waals surface area contributed by atoms with Gasteiger partial charge in [0.15, 0.2) is 0 Å². The molecule has 0 bridgehead atoms. The molecule has 1 saturated heterocycles. The molecule has 0 amide bonds. The Labute approximate surface area is 131 Å². The van der Waals surface area contributed by atoms with E-state index in [1.54, 1.807) is 0 Å². The van der Waals surface area contributed by atoms with Crippen LogP contribution in [0, 0.1) is 0 Å². The molecule has 1 atom stereocenters. The number of nitrogens with zero attached hydrogens (tertiary/aromatic N) is 3. The third-order valence-electron chi connectivity index (χ3n) is 4.12. The second-order valence-electron chi connectivity index (χ2n) is 6.01. The molecule has 1 fully saturated rings. The first kappa shape index (κ1) is 16.0. The van der Waals surface area contributed by atoms with Crippen molar-refractivity contribution in [2.75, 3.05) is 13.1 Å². The van der Waals surface area contributed by atoms with Gasteiger partial charge in [-0.25, -0.2) is 0 Å². The van der Waals surface area contributed by atoms with Gasteiger partial charge in [-0.2, -0.15) is 5.10 Å². The molecule has 1 N–H and O–H groups in total. The molecule has 2 heterocycles. The molecule has 1 unspecified atom stereocenters. The lowest BCUT2D eigenvalue weighted by Crippen LogP contribution is -2.40. The summed E-state index contributed by atoms with van der Waals surface area (Å²) in [5.41, 5.74) is 2.47. The van der Waals surface area contributed by atoms with Crippen LogP contribution in [0.5, 0.6) is 0 Å². The third-order valence-corrected chi connectivity index (χ3v) is 5.03. The Morgan fingerprint density at radius 2 is 2.20 bits per heavy atom. The normalized spacial score (nSPS) is 20.2. The topological polar surface area (TPSA) is 33.1 Å². The van der Waals surface area contributed by atoms with E-state index in [-0.39, 0.29) is 0 Å². The fraction of sp³-hybridized carbons (Fsp3) is 0.800. The van der Waals surface area contributed by atoms with Gasteiger partial charge >= 0.3 is 0 Å². The molecule has 0 spiro atoms. The van der Waals surface area contributed by atoms with Crippen LogP contribution in [0.25, 0.3) is 0 Å². The van der Waals surface area contributed by atoms with Crippen molar-refractivity contribution in [1.82, 2.24) is 20.0 Å².